The molecule has 3 heteroatoms. The van der Waals surface area contributed by atoms with Crippen LogP contribution < -0.4 is 4.74 Å². The summed E-state index contributed by atoms with van der Waals surface area (Å²) in [6, 6.07) is 3.80. The molecule has 0 unspecified atom stereocenters. The van der Waals surface area contributed by atoms with E-state index in [1.165, 1.54) is 19.2 Å². The normalized spacial score (nSPS) is 9.40. The van der Waals surface area contributed by atoms with E-state index in [1.54, 1.807) is 0 Å². The van der Waals surface area contributed by atoms with Crippen molar-refractivity contribution in [3.63, 3.8) is 0 Å². The lowest BCUT2D eigenvalue weighted by Crippen LogP contribution is -1.82. The number of rotatable bonds is 1. The molecule has 0 heterocycles. The first kappa shape index (κ1) is 6.86. The van der Waals surface area contributed by atoms with Crippen molar-refractivity contribution in [2.75, 3.05) is 7.11 Å². The topological polar surface area (TPSA) is 29.5 Å². The van der Waals surface area contributed by atoms with Gasteiger partial charge in [-0.1, -0.05) is 0 Å². The van der Waals surface area contributed by atoms with Gasteiger partial charge in [-0.05, 0) is 12.1 Å². The number of methoxy groups -OCH3 is 1. The van der Waals surface area contributed by atoms with Gasteiger partial charge in [0.25, 0.3) is 0 Å². The molecule has 0 radical (unpaired) electrons. The number of hydrogen-bond acceptors (Lipinski definition) is 2. The summed E-state index contributed by atoms with van der Waals surface area (Å²) in [7, 11) is 1.45. The standard InChI is InChI=1S/C7H7FO2/c1-10-5-2-3-6(8)7(9)4-5/h2-4,9H,1H3. The van der Waals surface area contributed by atoms with Crippen molar-refractivity contribution in [2.45, 2.75) is 0 Å². The molecule has 1 rings (SSSR count). The first-order valence-electron chi connectivity index (χ1n) is 2.76. The zero-order chi connectivity index (χ0) is 7.56. The lowest BCUT2D eigenvalue weighted by molar-refractivity contribution is 0.397. The van der Waals surface area contributed by atoms with Crippen LogP contribution in [0.2, 0.25) is 0 Å². The number of hydrogen-bond donors (Lipinski definition) is 1. The van der Waals surface area contributed by atoms with Crippen LogP contribution in [0.25, 0.3) is 0 Å². The van der Waals surface area contributed by atoms with E-state index in [9.17, 15) is 4.39 Å². The fraction of sp³-hybridized carbons (Fsp3) is 0.143. The van der Waals surface area contributed by atoms with Crippen molar-refractivity contribution in [3.8, 4) is 11.5 Å². The molecule has 0 aliphatic carbocycles. The van der Waals surface area contributed by atoms with E-state index >= 15 is 0 Å². The molecule has 1 N–H and O–H groups in total. The molecule has 1 aromatic rings. The Kier molecular flexibility index (Phi) is 1.76. The van der Waals surface area contributed by atoms with Gasteiger partial charge in [0, 0.05) is 6.07 Å². The minimum atomic E-state index is -0.638. The Bertz CT molecular complexity index is 235. The molecule has 0 atom stereocenters. The summed E-state index contributed by atoms with van der Waals surface area (Å²) in [6.07, 6.45) is 0. The number of ether oxygens (including phenoxy) is 1. The average Bonchev–Trinajstić information content (AvgIpc) is 1.95. The Morgan fingerprint density at radius 1 is 1.50 bits per heavy atom. The highest BCUT2D eigenvalue weighted by Gasteiger charge is 1.99. The number of benzene rings is 1. The van der Waals surface area contributed by atoms with Crippen molar-refractivity contribution in [2.24, 2.45) is 0 Å². The summed E-state index contributed by atoms with van der Waals surface area (Å²) in [4.78, 5) is 0. The first-order chi connectivity index (χ1) is 4.74. The molecule has 0 saturated heterocycles. The third kappa shape index (κ3) is 1.18. The zero-order valence-corrected chi connectivity index (χ0v) is 5.47. The quantitative estimate of drug-likeness (QED) is 0.644. The predicted octanol–water partition coefficient (Wildman–Crippen LogP) is 1.54. The van der Waals surface area contributed by atoms with Gasteiger partial charge in [0.15, 0.2) is 11.6 Å². The zero-order valence-electron chi connectivity index (χ0n) is 5.47. The molecule has 0 spiro atoms. The van der Waals surface area contributed by atoms with Crippen molar-refractivity contribution in [1.29, 1.82) is 0 Å². The van der Waals surface area contributed by atoms with Crippen LogP contribution in [0.1, 0.15) is 0 Å². The molecule has 1 aromatic carbocycles. The lowest BCUT2D eigenvalue weighted by Gasteiger charge is -1.99. The monoisotopic (exact) mass is 142 g/mol. The van der Waals surface area contributed by atoms with Crippen molar-refractivity contribution >= 4 is 0 Å². The molecule has 0 amide bonds. The summed E-state index contributed by atoms with van der Waals surface area (Å²) < 4.78 is 17.1. The van der Waals surface area contributed by atoms with E-state index in [2.05, 4.69) is 0 Å². The Morgan fingerprint density at radius 2 is 2.20 bits per heavy atom. The molecule has 0 aromatic heterocycles. The number of phenols is 1. The Labute approximate surface area is 57.9 Å². The molecule has 2 nitrogen and oxygen atoms in total. The van der Waals surface area contributed by atoms with E-state index in [-0.39, 0.29) is 5.75 Å². The second kappa shape index (κ2) is 2.56. The van der Waals surface area contributed by atoms with Gasteiger partial charge in [-0.3, -0.25) is 0 Å². The fourth-order valence-corrected chi connectivity index (χ4v) is 0.619. The van der Waals surface area contributed by atoms with Crippen LogP contribution in [-0.4, -0.2) is 12.2 Å². The van der Waals surface area contributed by atoms with E-state index in [4.69, 9.17) is 9.84 Å². The minimum absolute atomic E-state index is 0.389. The van der Waals surface area contributed by atoms with Gasteiger partial charge in [-0.2, -0.15) is 0 Å². The van der Waals surface area contributed by atoms with Gasteiger partial charge in [0.1, 0.15) is 5.75 Å². The molecule has 54 valence electrons. The lowest BCUT2D eigenvalue weighted by atomic mass is 10.3. The number of aromatic hydroxyl groups is 1. The second-order valence-electron chi connectivity index (χ2n) is 1.82. The largest absolute Gasteiger partial charge is 0.505 e. The smallest absolute Gasteiger partial charge is 0.165 e. The minimum Gasteiger partial charge on any atom is -0.505 e. The highest BCUT2D eigenvalue weighted by molar-refractivity contribution is 5.33. The van der Waals surface area contributed by atoms with E-state index in [1.807, 2.05) is 0 Å². The van der Waals surface area contributed by atoms with Crippen LogP contribution >= 0.6 is 0 Å². The van der Waals surface area contributed by atoms with Crippen molar-refractivity contribution in [3.05, 3.63) is 24.0 Å². The summed E-state index contributed by atoms with van der Waals surface area (Å²) >= 11 is 0. The SMILES string of the molecule is COc1ccc(F)c(O)c1. The first-order valence-corrected chi connectivity index (χ1v) is 2.76. The molecule has 0 aliphatic rings. The highest BCUT2D eigenvalue weighted by atomic mass is 19.1. The van der Waals surface area contributed by atoms with E-state index < -0.39 is 5.82 Å². The molecule has 10 heavy (non-hydrogen) atoms. The molecule has 0 bridgehead atoms. The predicted molar refractivity (Wildman–Crippen MR) is 34.6 cm³/mol. The molecule has 0 fully saturated rings. The van der Waals surface area contributed by atoms with Gasteiger partial charge < -0.3 is 9.84 Å². The van der Waals surface area contributed by atoms with Crippen molar-refractivity contribution < 1.29 is 14.2 Å². The van der Waals surface area contributed by atoms with Gasteiger partial charge in [-0.25, -0.2) is 4.39 Å². The van der Waals surface area contributed by atoms with Crippen LogP contribution in [0.15, 0.2) is 18.2 Å². The van der Waals surface area contributed by atoms with E-state index in [0.717, 1.165) is 6.07 Å². The van der Waals surface area contributed by atoms with Crippen LogP contribution in [0, 0.1) is 5.82 Å². The third-order valence-electron chi connectivity index (χ3n) is 1.15. The maximum Gasteiger partial charge on any atom is 0.165 e. The van der Waals surface area contributed by atoms with Crippen molar-refractivity contribution in [1.82, 2.24) is 0 Å². The van der Waals surface area contributed by atoms with E-state index in [0.29, 0.717) is 5.75 Å². The fourth-order valence-electron chi connectivity index (χ4n) is 0.619. The summed E-state index contributed by atoms with van der Waals surface area (Å²) in [6.45, 7) is 0. The number of phenolic OH excluding ortho intramolecular Hbond substituents is 1. The average molecular weight is 142 g/mol. The summed E-state index contributed by atoms with van der Waals surface area (Å²) in [5, 5.41) is 8.78. The molecular weight excluding hydrogens is 135 g/mol. The van der Waals surface area contributed by atoms with Gasteiger partial charge in [0.05, 0.1) is 7.11 Å². The van der Waals surface area contributed by atoms with Gasteiger partial charge in [-0.15, -0.1) is 0 Å². The Hall–Kier alpha value is -1.25. The Balaban J connectivity index is 3.04. The maximum absolute atomic E-state index is 12.3. The number of halogens is 1. The van der Waals surface area contributed by atoms with Gasteiger partial charge in [0.2, 0.25) is 0 Å². The third-order valence-corrected chi connectivity index (χ3v) is 1.15. The maximum atomic E-state index is 12.3. The Morgan fingerprint density at radius 3 is 2.70 bits per heavy atom. The molecular formula is C7H7FO2. The van der Waals surface area contributed by atoms with Gasteiger partial charge >= 0.3 is 0 Å². The second-order valence-corrected chi connectivity index (χ2v) is 1.82. The molecule has 0 saturated carbocycles. The summed E-state index contributed by atoms with van der Waals surface area (Å²) in [5.74, 6) is -0.584. The van der Waals surface area contributed by atoms with Crippen LogP contribution in [-0.2, 0) is 0 Å². The summed E-state index contributed by atoms with van der Waals surface area (Å²) in [5.41, 5.74) is 0. The molecule has 0 aliphatic heterocycles. The highest BCUT2D eigenvalue weighted by Crippen LogP contribution is 2.20. The van der Waals surface area contributed by atoms with Crippen LogP contribution in [0.5, 0.6) is 11.5 Å². The van der Waals surface area contributed by atoms with Crippen LogP contribution in [0.3, 0.4) is 0 Å². The van der Waals surface area contributed by atoms with Crippen LogP contribution in [0.4, 0.5) is 4.39 Å².